The molecule has 1 aliphatic heterocycles. The molecular formula is C16H14F3NO. The van der Waals surface area contributed by atoms with Gasteiger partial charge in [0.05, 0.1) is 6.61 Å². The van der Waals surface area contributed by atoms with E-state index in [-0.39, 0.29) is 11.5 Å². The van der Waals surface area contributed by atoms with Crippen molar-refractivity contribution < 1.29 is 17.9 Å². The predicted octanol–water partition coefficient (Wildman–Crippen LogP) is 3.67. The van der Waals surface area contributed by atoms with Gasteiger partial charge in [-0.2, -0.15) is 0 Å². The summed E-state index contributed by atoms with van der Waals surface area (Å²) in [6.45, 7) is 0.430. The molecule has 2 nitrogen and oxygen atoms in total. The normalized spacial score (nSPS) is 18.8. The molecule has 1 heterocycles. The molecule has 0 amide bonds. The molecule has 1 aliphatic rings. The van der Waals surface area contributed by atoms with Crippen molar-refractivity contribution in [3.8, 4) is 5.75 Å². The molecule has 2 aromatic rings. The summed E-state index contributed by atoms with van der Waals surface area (Å²) in [6, 6.07) is 7.70. The number of fused-ring (bicyclic) bond motifs is 1. The van der Waals surface area contributed by atoms with Gasteiger partial charge in [0.25, 0.3) is 0 Å². The van der Waals surface area contributed by atoms with Gasteiger partial charge in [-0.05, 0) is 18.1 Å². The number of halogens is 3. The molecule has 0 aliphatic carbocycles. The first kappa shape index (κ1) is 13.9. The maximum Gasteiger partial charge on any atom is 0.133 e. The molecule has 0 bridgehead atoms. The van der Waals surface area contributed by atoms with E-state index in [1.165, 1.54) is 0 Å². The van der Waals surface area contributed by atoms with Crippen LogP contribution in [0.1, 0.15) is 29.5 Å². The SMILES string of the molecule is NC(c1c(F)cc(F)cc1F)C1CCOc2ccccc21. The van der Waals surface area contributed by atoms with E-state index in [1.54, 1.807) is 6.07 Å². The van der Waals surface area contributed by atoms with Crippen LogP contribution in [0.2, 0.25) is 0 Å². The first-order valence-corrected chi connectivity index (χ1v) is 6.69. The van der Waals surface area contributed by atoms with Gasteiger partial charge >= 0.3 is 0 Å². The maximum atomic E-state index is 13.9. The smallest absolute Gasteiger partial charge is 0.133 e. The Kier molecular flexibility index (Phi) is 3.59. The quantitative estimate of drug-likeness (QED) is 0.917. The second-order valence-corrected chi connectivity index (χ2v) is 5.09. The molecular weight excluding hydrogens is 279 g/mol. The van der Waals surface area contributed by atoms with Crippen molar-refractivity contribution >= 4 is 0 Å². The maximum absolute atomic E-state index is 13.9. The number of ether oxygens (including phenoxy) is 1. The number of para-hydroxylation sites is 1. The summed E-state index contributed by atoms with van der Waals surface area (Å²) in [7, 11) is 0. The summed E-state index contributed by atoms with van der Waals surface area (Å²) < 4.78 is 46.3. The fourth-order valence-electron chi connectivity index (χ4n) is 2.82. The van der Waals surface area contributed by atoms with Crippen molar-refractivity contribution in [1.82, 2.24) is 0 Å². The number of hydrogen-bond acceptors (Lipinski definition) is 2. The lowest BCUT2D eigenvalue weighted by atomic mass is 9.83. The molecule has 0 saturated carbocycles. The van der Waals surface area contributed by atoms with E-state index in [0.29, 0.717) is 30.9 Å². The molecule has 0 aromatic heterocycles. The Morgan fingerprint density at radius 2 is 1.76 bits per heavy atom. The monoisotopic (exact) mass is 293 g/mol. The zero-order valence-electron chi connectivity index (χ0n) is 11.2. The average molecular weight is 293 g/mol. The molecule has 2 N–H and O–H groups in total. The van der Waals surface area contributed by atoms with Crippen LogP contribution in [0.5, 0.6) is 5.75 Å². The van der Waals surface area contributed by atoms with Crippen molar-refractivity contribution in [2.24, 2.45) is 5.73 Å². The van der Waals surface area contributed by atoms with Crippen molar-refractivity contribution in [3.05, 3.63) is 65.0 Å². The van der Waals surface area contributed by atoms with Gasteiger partial charge in [0.15, 0.2) is 0 Å². The molecule has 3 rings (SSSR count). The summed E-state index contributed by atoms with van der Waals surface area (Å²) >= 11 is 0. The largest absolute Gasteiger partial charge is 0.493 e. The van der Waals surface area contributed by atoms with Crippen molar-refractivity contribution in [3.63, 3.8) is 0 Å². The third-order valence-corrected chi connectivity index (χ3v) is 3.82. The zero-order chi connectivity index (χ0) is 15.0. The molecule has 2 unspecified atom stereocenters. The minimum Gasteiger partial charge on any atom is -0.493 e. The standard InChI is InChI=1S/C16H14F3NO/c17-9-7-12(18)15(13(19)8-9)16(20)11-5-6-21-14-4-2-1-3-10(11)14/h1-4,7-8,11,16H,5-6,20H2. The molecule has 0 spiro atoms. The third-order valence-electron chi connectivity index (χ3n) is 3.82. The lowest BCUT2D eigenvalue weighted by Gasteiger charge is -2.30. The Balaban J connectivity index is 2.03. The topological polar surface area (TPSA) is 35.2 Å². The lowest BCUT2D eigenvalue weighted by Crippen LogP contribution is -2.27. The van der Waals surface area contributed by atoms with Crippen LogP contribution in [0, 0.1) is 17.5 Å². The number of hydrogen-bond donors (Lipinski definition) is 1. The highest BCUT2D eigenvalue weighted by atomic mass is 19.1. The second-order valence-electron chi connectivity index (χ2n) is 5.09. The van der Waals surface area contributed by atoms with Crippen molar-refractivity contribution in [2.75, 3.05) is 6.61 Å². The van der Waals surface area contributed by atoms with E-state index >= 15 is 0 Å². The van der Waals surface area contributed by atoms with Gasteiger partial charge in [0.1, 0.15) is 23.2 Å². The number of rotatable bonds is 2. The first-order valence-electron chi connectivity index (χ1n) is 6.69. The van der Waals surface area contributed by atoms with Gasteiger partial charge in [0, 0.05) is 29.7 Å². The number of nitrogens with two attached hydrogens (primary N) is 1. The highest BCUT2D eigenvalue weighted by molar-refractivity contribution is 5.40. The van der Waals surface area contributed by atoms with Gasteiger partial charge < -0.3 is 10.5 Å². The van der Waals surface area contributed by atoms with Crippen LogP contribution in [0.4, 0.5) is 13.2 Å². The van der Waals surface area contributed by atoms with Gasteiger partial charge in [0.2, 0.25) is 0 Å². The van der Waals surface area contributed by atoms with E-state index in [1.807, 2.05) is 18.2 Å². The van der Waals surface area contributed by atoms with Crippen molar-refractivity contribution in [1.29, 1.82) is 0 Å². The Labute approximate surface area is 120 Å². The third kappa shape index (κ3) is 2.49. The Bertz CT molecular complexity index is 651. The Morgan fingerprint density at radius 1 is 1.10 bits per heavy atom. The summed E-state index contributed by atoms with van der Waals surface area (Å²) in [4.78, 5) is 0. The summed E-state index contributed by atoms with van der Waals surface area (Å²) in [6.07, 6.45) is 0.550. The fourth-order valence-corrected chi connectivity index (χ4v) is 2.82. The minimum atomic E-state index is -0.955. The minimum absolute atomic E-state index is 0.274. The highest BCUT2D eigenvalue weighted by Gasteiger charge is 2.31. The van der Waals surface area contributed by atoms with Gasteiger partial charge in [-0.15, -0.1) is 0 Å². The first-order chi connectivity index (χ1) is 10.1. The second kappa shape index (κ2) is 5.41. The van der Waals surface area contributed by atoms with Crippen LogP contribution in [0.25, 0.3) is 0 Å². The van der Waals surface area contributed by atoms with Crippen LogP contribution in [0.15, 0.2) is 36.4 Å². The summed E-state index contributed by atoms with van der Waals surface area (Å²) in [5, 5.41) is 0. The van der Waals surface area contributed by atoms with Crippen LogP contribution in [0.3, 0.4) is 0 Å². The number of benzene rings is 2. The molecule has 0 radical (unpaired) electrons. The van der Waals surface area contributed by atoms with E-state index in [4.69, 9.17) is 10.5 Å². The van der Waals surface area contributed by atoms with E-state index in [9.17, 15) is 13.2 Å². The summed E-state index contributed by atoms with van der Waals surface area (Å²) in [5.41, 5.74) is 6.62. The molecule has 110 valence electrons. The van der Waals surface area contributed by atoms with Crippen LogP contribution in [-0.4, -0.2) is 6.61 Å². The molecule has 21 heavy (non-hydrogen) atoms. The van der Waals surface area contributed by atoms with Crippen molar-refractivity contribution in [2.45, 2.75) is 18.4 Å². The van der Waals surface area contributed by atoms with Gasteiger partial charge in [-0.1, -0.05) is 18.2 Å². The van der Waals surface area contributed by atoms with Gasteiger partial charge in [-0.25, -0.2) is 13.2 Å². The molecule has 0 fully saturated rings. The van der Waals surface area contributed by atoms with E-state index in [0.717, 1.165) is 5.56 Å². The summed E-state index contributed by atoms with van der Waals surface area (Å²) in [5.74, 6) is -2.46. The highest BCUT2D eigenvalue weighted by Crippen LogP contribution is 2.41. The van der Waals surface area contributed by atoms with E-state index in [2.05, 4.69) is 0 Å². The molecule has 2 aromatic carbocycles. The molecule has 2 atom stereocenters. The molecule has 5 heteroatoms. The Morgan fingerprint density at radius 3 is 2.48 bits per heavy atom. The zero-order valence-corrected chi connectivity index (χ0v) is 11.2. The van der Waals surface area contributed by atoms with E-state index < -0.39 is 23.5 Å². The predicted molar refractivity (Wildman–Crippen MR) is 72.5 cm³/mol. The average Bonchev–Trinajstić information content (AvgIpc) is 2.45. The van der Waals surface area contributed by atoms with Gasteiger partial charge in [-0.3, -0.25) is 0 Å². The molecule has 0 saturated heterocycles. The fraction of sp³-hybridized carbons (Fsp3) is 0.250. The van der Waals surface area contributed by atoms with Crippen LogP contribution >= 0.6 is 0 Å². The van der Waals surface area contributed by atoms with Crippen LogP contribution in [-0.2, 0) is 0 Å². The Hall–Kier alpha value is -2.01. The lowest BCUT2D eigenvalue weighted by molar-refractivity contribution is 0.253. The van der Waals surface area contributed by atoms with Crippen LogP contribution < -0.4 is 10.5 Å².